The van der Waals surface area contributed by atoms with Gasteiger partial charge in [-0.3, -0.25) is 0 Å². The van der Waals surface area contributed by atoms with Crippen molar-refractivity contribution in [3.63, 3.8) is 0 Å². The fraction of sp³-hybridized carbons (Fsp3) is 0.333. The number of rotatable bonds is 6. The standard InChI is InChI=1S/C18H23NO2/c1-4-20-15-9-7-8-14(12-15)18(19)16-10-5-6-11-17(16)21-13(2)3/h5-13,18H,4,19H2,1-3H3. The maximum atomic E-state index is 6.42. The molecule has 0 radical (unpaired) electrons. The summed E-state index contributed by atoms with van der Waals surface area (Å²) in [4.78, 5) is 0. The molecule has 0 saturated heterocycles. The van der Waals surface area contributed by atoms with Crippen LogP contribution < -0.4 is 15.2 Å². The normalized spacial score (nSPS) is 12.2. The second kappa shape index (κ2) is 7.14. The van der Waals surface area contributed by atoms with E-state index < -0.39 is 0 Å². The monoisotopic (exact) mass is 285 g/mol. The summed E-state index contributed by atoms with van der Waals surface area (Å²) in [5, 5.41) is 0. The molecule has 1 unspecified atom stereocenters. The third-order valence-electron chi connectivity index (χ3n) is 3.14. The smallest absolute Gasteiger partial charge is 0.124 e. The van der Waals surface area contributed by atoms with Gasteiger partial charge in [-0.05, 0) is 44.5 Å². The number of para-hydroxylation sites is 1. The molecule has 1 atom stereocenters. The molecule has 3 nitrogen and oxygen atoms in total. The lowest BCUT2D eigenvalue weighted by Crippen LogP contribution is -2.15. The van der Waals surface area contributed by atoms with Crippen LogP contribution in [0.1, 0.15) is 37.9 Å². The highest BCUT2D eigenvalue weighted by Crippen LogP contribution is 2.30. The largest absolute Gasteiger partial charge is 0.494 e. The zero-order valence-electron chi connectivity index (χ0n) is 12.9. The van der Waals surface area contributed by atoms with Gasteiger partial charge in [-0.25, -0.2) is 0 Å². The van der Waals surface area contributed by atoms with Crippen molar-refractivity contribution in [2.75, 3.05) is 6.61 Å². The molecule has 2 N–H and O–H groups in total. The number of nitrogens with two attached hydrogens (primary N) is 1. The molecule has 21 heavy (non-hydrogen) atoms. The van der Waals surface area contributed by atoms with Crippen LogP contribution in [-0.2, 0) is 0 Å². The molecular weight excluding hydrogens is 262 g/mol. The fourth-order valence-corrected chi connectivity index (χ4v) is 2.24. The molecule has 3 heteroatoms. The zero-order valence-corrected chi connectivity index (χ0v) is 12.9. The van der Waals surface area contributed by atoms with Crippen LogP contribution >= 0.6 is 0 Å². The minimum atomic E-state index is -0.236. The van der Waals surface area contributed by atoms with Crippen LogP contribution in [0.5, 0.6) is 11.5 Å². The van der Waals surface area contributed by atoms with Crippen LogP contribution in [0.4, 0.5) is 0 Å². The Morgan fingerprint density at radius 3 is 2.52 bits per heavy atom. The van der Waals surface area contributed by atoms with Crippen LogP contribution in [0.3, 0.4) is 0 Å². The van der Waals surface area contributed by atoms with Gasteiger partial charge in [-0.2, -0.15) is 0 Å². The molecule has 0 aliphatic heterocycles. The Bertz CT molecular complexity index is 581. The van der Waals surface area contributed by atoms with E-state index in [-0.39, 0.29) is 12.1 Å². The Kier molecular flexibility index (Phi) is 5.23. The van der Waals surface area contributed by atoms with Gasteiger partial charge in [-0.1, -0.05) is 30.3 Å². The van der Waals surface area contributed by atoms with E-state index in [1.807, 2.05) is 69.3 Å². The molecule has 0 aliphatic carbocycles. The first-order valence-corrected chi connectivity index (χ1v) is 7.35. The van der Waals surface area contributed by atoms with E-state index in [2.05, 4.69) is 0 Å². The van der Waals surface area contributed by atoms with Crippen molar-refractivity contribution in [2.24, 2.45) is 5.73 Å². The Morgan fingerprint density at radius 1 is 1.05 bits per heavy atom. The zero-order chi connectivity index (χ0) is 15.2. The number of hydrogen-bond donors (Lipinski definition) is 1. The second-order valence-corrected chi connectivity index (χ2v) is 5.19. The van der Waals surface area contributed by atoms with Crippen molar-refractivity contribution < 1.29 is 9.47 Å². The third-order valence-corrected chi connectivity index (χ3v) is 3.14. The first kappa shape index (κ1) is 15.4. The van der Waals surface area contributed by atoms with Gasteiger partial charge in [0.1, 0.15) is 11.5 Å². The molecule has 0 bridgehead atoms. The van der Waals surface area contributed by atoms with Crippen molar-refractivity contribution in [3.05, 3.63) is 59.7 Å². The minimum Gasteiger partial charge on any atom is -0.494 e. The molecular formula is C18H23NO2. The molecule has 0 amide bonds. The van der Waals surface area contributed by atoms with Crippen molar-refractivity contribution >= 4 is 0 Å². The van der Waals surface area contributed by atoms with Gasteiger partial charge >= 0.3 is 0 Å². The predicted molar refractivity (Wildman–Crippen MR) is 85.8 cm³/mol. The molecule has 0 spiro atoms. The van der Waals surface area contributed by atoms with Gasteiger partial charge in [0, 0.05) is 5.56 Å². The summed E-state index contributed by atoms with van der Waals surface area (Å²) in [7, 11) is 0. The van der Waals surface area contributed by atoms with Crippen LogP contribution in [-0.4, -0.2) is 12.7 Å². The summed E-state index contributed by atoms with van der Waals surface area (Å²) in [5.74, 6) is 1.68. The third kappa shape index (κ3) is 3.99. The molecule has 2 aromatic carbocycles. The molecule has 2 rings (SSSR count). The predicted octanol–water partition coefficient (Wildman–Crippen LogP) is 3.92. The van der Waals surface area contributed by atoms with Crippen molar-refractivity contribution in [2.45, 2.75) is 32.9 Å². The Morgan fingerprint density at radius 2 is 1.81 bits per heavy atom. The van der Waals surface area contributed by atoms with Gasteiger partial charge in [0.15, 0.2) is 0 Å². The number of hydrogen-bond acceptors (Lipinski definition) is 3. The van der Waals surface area contributed by atoms with Crippen molar-refractivity contribution in [3.8, 4) is 11.5 Å². The van der Waals surface area contributed by atoms with Crippen molar-refractivity contribution in [1.29, 1.82) is 0 Å². The highest BCUT2D eigenvalue weighted by atomic mass is 16.5. The summed E-state index contributed by atoms with van der Waals surface area (Å²) < 4.78 is 11.4. The first-order valence-electron chi connectivity index (χ1n) is 7.35. The highest BCUT2D eigenvalue weighted by molar-refractivity contribution is 5.43. The van der Waals surface area contributed by atoms with E-state index >= 15 is 0 Å². The maximum Gasteiger partial charge on any atom is 0.124 e. The molecule has 0 aromatic heterocycles. The summed E-state index contributed by atoms with van der Waals surface area (Å²) in [6.45, 7) is 6.64. The summed E-state index contributed by atoms with van der Waals surface area (Å²) in [6, 6.07) is 15.6. The van der Waals surface area contributed by atoms with E-state index in [9.17, 15) is 0 Å². The summed E-state index contributed by atoms with van der Waals surface area (Å²) in [5.41, 5.74) is 8.42. The lowest BCUT2D eigenvalue weighted by Gasteiger charge is -2.19. The Labute approximate surface area is 126 Å². The quantitative estimate of drug-likeness (QED) is 0.875. The fourth-order valence-electron chi connectivity index (χ4n) is 2.24. The average Bonchev–Trinajstić information content (AvgIpc) is 2.47. The highest BCUT2D eigenvalue weighted by Gasteiger charge is 2.15. The van der Waals surface area contributed by atoms with Crippen LogP contribution in [0.25, 0.3) is 0 Å². The molecule has 0 heterocycles. The van der Waals surface area contributed by atoms with E-state index in [1.165, 1.54) is 0 Å². The van der Waals surface area contributed by atoms with Crippen LogP contribution in [0.15, 0.2) is 48.5 Å². The van der Waals surface area contributed by atoms with Gasteiger partial charge in [0.25, 0.3) is 0 Å². The topological polar surface area (TPSA) is 44.5 Å². The molecule has 2 aromatic rings. The Hall–Kier alpha value is -2.00. The number of benzene rings is 2. The SMILES string of the molecule is CCOc1cccc(C(N)c2ccccc2OC(C)C)c1. The number of ether oxygens (including phenoxy) is 2. The van der Waals surface area contributed by atoms with Gasteiger partial charge in [0.05, 0.1) is 18.8 Å². The van der Waals surface area contributed by atoms with Crippen LogP contribution in [0.2, 0.25) is 0 Å². The van der Waals surface area contributed by atoms with Crippen molar-refractivity contribution in [1.82, 2.24) is 0 Å². The van der Waals surface area contributed by atoms with E-state index in [0.717, 1.165) is 22.6 Å². The van der Waals surface area contributed by atoms with E-state index in [4.69, 9.17) is 15.2 Å². The molecule has 0 fully saturated rings. The minimum absolute atomic E-state index is 0.119. The van der Waals surface area contributed by atoms with Crippen LogP contribution in [0, 0.1) is 0 Å². The van der Waals surface area contributed by atoms with E-state index in [0.29, 0.717) is 6.61 Å². The Balaban J connectivity index is 2.31. The van der Waals surface area contributed by atoms with Gasteiger partial charge in [0.2, 0.25) is 0 Å². The van der Waals surface area contributed by atoms with Gasteiger partial charge in [-0.15, -0.1) is 0 Å². The van der Waals surface area contributed by atoms with E-state index in [1.54, 1.807) is 0 Å². The average molecular weight is 285 g/mol. The lowest BCUT2D eigenvalue weighted by atomic mass is 9.98. The first-order chi connectivity index (χ1) is 10.1. The maximum absolute atomic E-state index is 6.42. The second-order valence-electron chi connectivity index (χ2n) is 5.19. The molecule has 0 aliphatic rings. The summed E-state index contributed by atoms with van der Waals surface area (Å²) >= 11 is 0. The molecule has 0 saturated carbocycles. The summed E-state index contributed by atoms with van der Waals surface area (Å²) in [6.07, 6.45) is 0.119. The van der Waals surface area contributed by atoms with Gasteiger partial charge < -0.3 is 15.2 Å². The molecule has 112 valence electrons. The lowest BCUT2D eigenvalue weighted by molar-refractivity contribution is 0.239.